The van der Waals surface area contributed by atoms with Crippen LogP contribution in [0.2, 0.25) is 0 Å². The van der Waals surface area contributed by atoms with Gasteiger partial charge in [-0.05, 0) is 24.3 Å². The van der Waals surface area contributed by atoms with Crippen molar-refractivity contribution in [3.63, 3.8) is 0 Å². The molecule has 1 aliphatic heterocycles. The molecule has 1 fully saturated rings. The standard InChI is InChI=1S/C21H18F3N3O4/c1-29-16-8-15(9-17(10-16)30-2)27-11-13(7-18(27)28)19-25-20(31-26-19)12-3-5-14(6-4-12)21(22,23)24/h3-6,8-10,13H,7,11H2,1-2H3. The summed E-state index contributed by atoms with van der Waals surface area (Å²) in [5, 5.41) is 3.94. The minimum Gasteiger partial charge on any atom is -0.497 e. The number of aromatic nitrogens is 2. The smallest absolute Gasteiger partial charge is 0.416 e. The second-order valence-electron chi connectivity index (χ2n) is 7.01. The van der Waals surface area contributed by atoms with Gasteiger partial charge in [-0.15, -0.1) is 0 Å². The van der Waals surface area contributed by atoms with Crippen molar-refractivity contribution in [1.82, 2.24) is 10.1 Å². The fourth-order valence-corrected chi connectivity index (χ4v) is 3.40. The Balaban J connectivity index is 1.54. The Labute approximate surface area is 175 Å². The number of amides is 1. The molecule has 1 unspecified atom stereocenters. The second-order valence-corrected chi connectivity index (χ2v) is 7.01. The molecule has 1 aliphatic rings. The summed E-state index contributed by atoms with van der Waals surface area (Å²) in [6.45, 7) is 0.321. The Bertz CT molecular complexity index is 1070. The maximum Gasteiger partial charge on any atom is 0.416 e. The van der Waals surface area contributed by atoms with Gasteiger partial charge in [0.2, 0.25) is 5.91 Å². The maximum atomic E-state index is 12.7. The summed E-state index contributed by atoms with van der Waals surface area (Å²) in [5.74, 6) is 1.07. The molecule has 3 aromatic rings. The highest BCUT2D eigenvalue weighted by molar-refractivity contribution is 5.96. The van der Waals surface area contributed by atoms with Crippen molar-refractivity contribution in [1.29, 1.82) is 0 Å². The van der Waals surface area contributed by atoms with Crippen molar-refractivity contribution >= 4 is 11.6 Å². The molecule has 0 spiro atoms. The van der Waals surface area contributed by atoms with E-state index in [1.165, 1.54) is 26.4 Å². The number of ether oxygens (including phenoxy) is 2. The van der Waals surface area contributed by atoms with E-state index in [1.54, 1.807) is 23.1 Å². The number of carbonyl (C=O) groups is 1. The zero-order chi connectivity index (χ0) is 22.2. The molecule has 1 amide bonds. The van der Waals surface area contributed by atoms with Crippen molar-refractivity contribution in [2.75, 3.05) is 25.7 Å². The third-order valence-corrected chi connectivity index (χ3v) is 5.04. The summed E-state index contributed by atoms with van der Waals surface area (Å²) < 4.78 is 53.9. The van der Waals surface area contributed by atoms with Crippen molar-refractivity contribution in [2.24, 2.45) is 0 Å². The van der Waals surface area contributed by atoms with E-state index in [0.717, 1.165) is 12.1 Å². The predicted molar refractivity (Wildman–Crippen MR) is 104 cm³/mol. The average Bonchev–Trinajstić information content (AvgIpc) is 3.40. The Morgan fingerprint density at radius 2 is 1.71 bits per heavy atom. The van der Waals surface area contributed by atoms with Gasteiger partial charge in [-0.1, -0.05) is 5.16 Å². The summed E-state index contributed by atoms with van der Waals surface area (Å²) in [5.41, 5.74) is 0.224. The average molecular weight is 433 g/mol. The fourth-order valence-electron chi connectivity index (χ4n) is 3.40. The SMILES string of the molecule is COc1cc(OC)cc(N2CC(c3noc(-c4ccc(C(F)(F)F)cc4)n3)CC2=O)c1. The summed E-state index contributed by atoms with van der Waals surface area (Å²) in [7, 11) is 3.05. The molecule has 10 heteroatoms. The topological polar surface area (TPSA) is 77.7 Å². The normalized spacial score (nSPS) is 16.6. The highest BCUT2D eigenvalue weighted by Gasteiger charge is 2.35. The molecule has 0 bridgehead atoms. The molecule has 0 N–H and O–H groups in total. The molecule has 1 saturated heterocycles. The molecule has 0 saturated carbocycles. The molecule has 0 aliphatic carbocycles. The molecule has 2 aromatic carbocycles. The van der Waals surface area contributed by atoms with Gasteiger partial charge in [0.05, 0.1) is 25.5 Å². The molecular weight excluding hydrogens is 415 g/mol. The first-order chi connectivity index (χ1) is 14.8. The largest absolute Gasteiger partial charge is 0.497 e. The van der Waals surface area contributed by atoms with Gasteiger partial charge in [0, 0.05) is 42.6 Å². The van der Waals surface area contributed by atoms with Gasteiger partial charge >= 0.3 is 6.18 Å². The van der Waals surface area contributed by atoms with Gasteiger partial charge in [0.15, 0.2) is 5.82 Å². The van der Waals surface area contributed by atoms with Crippen LogP contribution in [0.3, 0.4) is 0 Å². The van der Waals surface area contributed by atoms with E-state index in [4.69, 9.17) is 14.0 Å². The quantitative estimate of drug-likeness (QED) is 0.597. The lowest BCUT2D eigenvalue weighted by Crippen LogP contribution is -2.24. The lowest BCUT2D eigenvalue weighted by Gasteiger charge is -2.18. The van der Waals surface area contributed by atoms with Gasteiger partial charge in [-0.25, -0.2) is 0 Å². The predicted octanol–water partition coefficient (Wildman–Crippen LogP) is 4.29. The van der Waals surface area contributed by atoms with E-state index in [9.17, 15) is 18.0 Å². The zero-order valence-corrected chi connectivity index (χ0v) is 16.6. The van der Waals surface area contributed by atoms with Crippen LogP contribution in [0.4, 0.5) is 18.9 Å². The first kappa shape index (κ1) is 20.7. The number of nitrogens with zero attached hydrogens (tertiary/aromatic N) is 3. The molecule has 0 radical (unpaired) electrons. The third-order valence-electron chi connectivity index (χ3n) is 5.04. The van der Waals surface area contributed by atoms with Gasteiger partial charge in [0.1, 0.15) is 11.5 Å². The molecule has 1 aromatic heterocycles. The first-order valence-electron chi connectivity index (χ1n) is 9.33. The van der Waals surface area contributed by atoms with Gasteiger partial charge in [0.25, 0.3) is 5.89 Å². The van der Waals surface area contributed by atoms with Crippen LogP contribution in [0.5, 0.6) is 11.5 Å². The van der Waals surface area contributed by atoms with Crippen molar-refractivity contribution < 1.29 is 32.0 Å². The van der Waals surface area contributed by atoms with Crippen LogP contribution in [0.25, 0.3) is 11.5 Å². The number of anilines is 1. The summed E-state index contributed by atoms with van der Waals surface area (Å²) in [4.78, 5) is 18.5. The number of halogens is 3. The van der Waals surface area contributed by atoms with Gasteiger partial charge < -0.3 is 18.9 Å². The van der Waals surface area contributed by atoms with Crippen LogP contribution in [0, 0.1) is 0 Å². The maximum absolute atomic E-state index is 12.7. The number of hydrogen-bond donors (Lipinski definition) is 0. The first-order valence-corrected chi connectivity index (χ1v) is 9.33. The number of methoxy groups -OCH3 is 2. The Morgan fingerprint density at radius 3 is 2.29 bits per heavy atom. The zero-order valence-electron chi connectivity index (χ0n) is 16.6. The van der Waals surface area contributed by atoms with Crippen LogP contribution < -0.4 is 14.4 Å². The minimum absolute atomic E-state index is 0.0951. The molecule has 7 nitrogen and oxygen atoms in total. The van der Waals surface area contributed by atoms with E-state index < -0.39 is 11.7 Å². The summed E-state index contributed by atoms with van der Waals surface area (Å²) in [6.07, 6.45) is -4.25. The van der Waals surface area contributed by atoms with E-state index in [2.05, 4.69) is 10.1 Å². The van der Waals surface area contributed by atoms with Crippen molar-refractivity contribution in [2.45, 2.75) is 18.5 Å². The molecule has 1 atom stereocenters. The lowest BCUT2D eigenvalue weighted by atomic mass is 10.1. The van der Waals surface area contributed by atoms with Crippen LogP contribution in [0.1, 0.15) is 23.7 Å². The number of carbonyl (C=O) groups excluding carboxylic acids is 1. The fraction of sp³-hybridized carbons (Fsp3) is 0.286. The van der Waals surface area contributed by atoms with Gasteiger partial charge in [-0.2, -0.15) is 18.2 Å². The number of alkyl halides is 3. The number of hydrogen-bond acceptors (Lipinski definition) is 6. The molecule has 31 heavy (non-hydrogen) atoms. The number of benzene rings is 2. The van der Waals surface area contributed by atoms with Crippen LogP contribution in [-0.2, 0) is 11.0 Å². The number of rotatable bonds is 5. The highest BCUT2D eigenvalue weighted by atomic mass is 19.4. The summed E-state index contributed by atoms with van der Waals surface area (Å²) in [6, 6.07) is 9.62. The van der Waals surface area contributed by atoms with Gasteiger partial charge in [-0.3, -0.25) is 4.79 Å². The molecular formula is C21H18F3N3O4. The second kappa shape index (κ2) is 7.93. The summed E-state index contributed by atoms with van der Waals surface area (Å²) >= 11 is 0. The molecule has 4 rings (SSSR count). The van der Waals surface area contributed by atoms with Crippen LogP contribution >= 0.6 is 0 Å². The van der Waals surface area contributed by atoms with Crippen LogP contribution in [0.15, 0.2) is 47.0 Å². The highest BCUT2D eigenvalue weighted by Crippen LogP contribution is 2.36. The Kier molecular flexibility index (Phi) is 5.30. The van der Waals surface area contributed by atoms with Crippen molar-refractivity contribution in [3.8, 4) is 23.0 Å². The van der Waals surface area contributed by atoms with E-state index in [-0.39, 0.29) is 24.1 Å². The Hall–Kier alpha value is -3.56. The third kappa shape index (κ3) is 4.18. The molecule has 162 valence electrons. The lowest BCUT2D eigenvalue weighted by molar-refractivity contribution is -0.137. The molecule has 2 heterocycles. The van der Waals surface area contributed by atoms with Crippen molar-refractivity contribution in [3.05, 3.63) is 53.9 Å². The van der Waals surface area contributed by atoms with E-state index >= 15 is 0 Å². The Morgan fingerprint density at radius 1 is 1.06 bits per heavy atom. The monoisotopic (exact) mass is 433 g/mol. The van der Waals surface area contributed by atoms with E-state index in [1.807, 2.05) is 0 Å². The van der Waals surface area contributed by atoms with Crippen LogP contribution in [-0.4, -0.2) is 36.8 Å². The minimum atomic E-state index is -4.42. The van der Waals surface area contributed by atoms with E-state index in [0.29, 0.717) is 35.1 Å².